The third kappa shape index (κ3) is 27.3. The molecule has 0 radical (unpaired) electrons. The van der Waals surface area contributed by atoms with E-state index >= 15 is 0 Å². The van der Waals surface area contributed by atoms with Gasteiger partial charge in [0.15, 0.2) is 0 Å². The fraction of sp³-hybridized carbons (Fsp3) is 0.850. The first-order valence-corrected chi connectivity index (χ1v) is 11.9. The van der Waals surface area contributed by atoms with Crippen LogP contribution in [-0.4, -0.2) is 11.1 Å². The van der Waals surface area contributed by atoms with Gasteiger partial charge in [-0.2, -0.15) is 7.82 Å². The maximum absolute atomic E-state index is 11.5. The molecule has 0 rings (SSSR count). The average Bonchev–Trinajstić information content (AvgIpc) is 2.59. The van der Waals surface area contributed by atoms with Crippen LogP contribution in [0.2, 0.25) is 0 Å². The van der Waals surface area contributed by atoms with E-state index in [0.29, 0.717) is 6.42 Å². The Hall–Kier alpha value is -0.880. The number of hydrogen-bond donors (Lipinski definition) is 1. The molecule has 168 valence electrons. The lowest BCUT2D eigenvalue weighted by molar-refractivity contribution is -0.432. The third-order valence-corrected chi connectivity index (χ3v) is 4.50. The maximum Gasteiger partial charge on any atom is 0.330 e. The zero-order valence-corrected chi connectivity index (χ0v) is 18.3. The number of carbonyl (C=O) groups is 1. The lowest BCUT2D eigenvalue weighted by atomic mass is 10.0. The van der Waals surface area contributed by atoms with Crippen LogP contribution in [0.4, 0.5) is 0 Å². The second-order valence-electron chi connectivity index (χ2n) is 7.15. The van der Waals surface area contributed by atoms with E-state index in [1.807, 2.05) is 0 Å². The largest absolute Gasteiger partial charge is 0.875 e. The quantitative estimate of drug-likeness (QED) is 0.175. The predicted octanol–water partition coefficient (Wildman–Crippen LogP) is 2.75. The van der Waals surface area contributed by atoms with Gasteiger partial charge in [-0.15, -0.1) is 5.76 Å². The summed E-state index contributed by atoms with van der Waals surface area (Å²) < 4.78 is 8.55. The smallest absolute Gasteiger partial charge is 0.330 e. The highest BCUT2D eigenvalue weighted by atomic mass is 31.2. The van der Waals surface area contributed by atoms with Crippen LogP contribution in [0.25, 0.3) is 0 Å². The lowest BCUT2D eigenvalue weighted by Crippen LogP contribution is -2.24. The first-order valence-electron chi connectivity index (χ1n) is 10.4. The van der Waals surface area contributed by atoms with Gasteiger partial charge >= 0.3 is 5.97 Å². The summed E-state index contributed by atoms with van der Waals surface area (Å²) in [6.07, 6.45) is 18.3. The molecule has 0 heterocycles. The van der Waals surface area contributed by atoms with E-state index in [0.717, 1.165) is 19.3 Å². The van der Waals surface area contributed by atoms with E-state index < -0.39 is 13.8 Å². The molecular weight excluding hydrogens is 383 g/mol. The SMILES string of the molecule is CCCCCCCCCCCCCCCC/C([O-])=C(\C)C(=O)O.O=P([O-])([O-])[O-]. The normalized spacial score (nSPS) is 12.2. The summed E-state index contributed by atoms with van der Waals surface area (Å²) in [5.41, 5.74) is -0.0281. The summed E-state index contributed by atoms with van der Waals surface area (Å²) in [6.45, 7) is 3.65. The topological polar surface area (TPSA) is 147 Å². The number of rotatable bonds is 16. The molecular formula is C20H37O7P-4. The van der Waals surface area contributed by atoms with E-state index in [1.165, 1.54) is 77.6 Å². The van der Waals surface area contributed by atoms with Crippen LogP contribution >= 0.6 is 7.82 Å². The number of allylic oxidation sites excluding steroid dienone is 1. The molecule has 1 N–H and O–H groups in total. The Balaban J connectivity index is 0. The van der Waals surface area contributed by atoms with Crippen molar-refractivity contribution in [3.8, 4) is 0 Å². The fourth-order valence-corrected chi connectivity index (χ4v) is 2.79. The molecule has 0 aromatic rings. The number of carboxylic acids is 1. The van der Waals surface area contributed by atoms with Crippen molar-refractivity contribution < 1.29 is 34.3 Å². The predicted molar refractivity (Wildman–Crippen MR) is 103 cm³/mol. The van der Waals surface area contributed by atoms with Crippen molar-refractivity contribution in [1.82, 2.24) is 0 Å². The molecule has 0 saturated heterocycles. The van der Waals surface area contributed by atoms with Gasteiger partial charge in [-0.25, -0.2) is 4.79 Å². The average molecular weight is 420 g/mol. The Morgan fingerprint density at radius 3 is 1.32 bits per heavy atom. The summed E-state index contributed by atoms with van der Waals surface area (Å²) in [5, 5.41) is 20.2. The number of aliphatic carboxylic acids is 1. The minimum absolute atomic E-state index is 0.0281. The van der Waals surface area contributed by atoms with Crippen molar-refractivity contribution >= 4 is 13.8 Å². The van der Waals surface area contributed by atoms with Gasteiger partial charge in [0.2, 0.25) is 0 Å². The Kier molecular flexibility index (Phi) is 20.4. The van der Waals surface area contributed by atoms with Crippen LogP contribution in [0, 0.1) is 0 Å². The van der Waals surface area contributed by atoms with Crippen molar-refractivity contribution in [2.24, 2.45) is 0 Å². The zero-order chi connectivity index (χ0) is 21.8. The lowest BCUT2D eigenvalue weighted by Gasteiger charge is -2.36. The molecule has 7 nitrogen and oxygen atoms in total. The molecule has 0 atom stereocenters. The summed E-state index contributed by atoms with van der Waals surface area (Å²) in [4.78, 5) is 36.3. The Bertz CT molecular complexity index is 449. The second kappa shape index (κ2) is 19.4. The molecule has 0 aliphatic carbocycles. The number of carboxylic acid groups (broad SMARTS) is 1. The van der Waals surface area contributed by atoms with Crippen molar-refractivity contribution in [3.63, 3.8) is 0 Å². The molecule has 28 heavy (non-hydrogen) atoms. The molecule has 0 saturated carbocycles. The summed E-state index contributed by atoms with van der Waals surface area (Å²) in [6, 6.07) is 0. The van der Waals surface area contributed by atoms with Gasteiger partial charge in [0.05, 0.1) is 0 Å². The van der Waals surface area contributed by atoms with Gasteiger partial charge in [-0.3, -0.25) is 0 Å². The Morgan fingerprint density at radius 2 is 1.04 bits per heavy atom. The van der Waals surface area contributed by atoms with E-state index in [4.69, 9.17) is 24.4 Å². The van der Waals surface area contributed by atoms with E-state index in [-0.39, 0.29) is 11.3 Å². The van der Waals surface area contributed by atoms with Gasteiger partial charge in [-0.1, -0.05) is 96.8 Å². The minimum atomic E-state index is -5.39. The van der Waals surface area contributed by atoms with Crippen molar-refractivity contribution in [2.45, 2.75) is 110 Å². The molecule has 0 spiro atoms. The van der Waals surface area contributed by atoms with Crippen LogP contribution in [0.15, 0.2) is 11.3 Å². The van der Waals surface area contributed by atoms with E-state index in [1.54, 1.807) is 0 Å². The molecule has 0 fully saturated rings. The van der Waals surface area contributed by atoms with Crippen molar-refractivity contribution in [2.75, 3.05) is 0 Å². The number of hydrogen-bond acceptors (Lipinski definition) is 6. The van der Waals surface area contributed by atoms with Crippen molar-refractivity contribution in [3.05, 3.63) is 11.3 Å². The van der Waals surface area contributed by atoms with Crippen LogP contribution in [-0.2, 0) is 9.36 Å². The summed E-state index contributed by atoms with van der Waals surface area (Å²) in [5.74, 6) is -1.29. The van der Waals surface area contributed by atoms with Gasteiger partial charge in [0.1, 0.15) is 0 Å². The first kappa shape index (κ1) is 29.3. The minimum Gasteiger partial charge on any atom is -0.875 e. The van der Waals surface area contributed by atoms with Gasteiger partial charge in [0, 0.05) is 5.57 Å². The third-order valence-electron chi connectivity index (χ3n) is 4.50. The maximum atomic E-state index is 11.5. The summed E-state index contributed by atoms with van der Waals surface area (Å²) >= 11 is 0. The Morgan fingerprint density at radius 1 is 0.750 bits per heavy atom. The summed E-state index contributed by atoms with van der Waals surface area (Å²) in [7, 11) is -5.39. The van der Waals surface area contributed by atoms with Crippen LogP contribution in [0.3, 0.4) is 0 Å². The molecule has 8 heteroatoms. The fourth-order valence-electron chi connectivity index (χ4n) is 2.79. The highest BCUT2D eigenvalue weighted by Gasteiger charge is 2.01. The monoisotopic (exact) mass is 420 g/mol. The second-order valence-corrected chi connectivity index (χ2v) is 8.04. The molecule has 0 aromatic heterocycles. The van der Waals surface area contributed by atoms with Crippen LogP contribution in [0.1, 0.15) is 110 Å². The van der Waals surface area contributed by atoms with Gasteiger partial charge in [-0.05, 0) is 13.3 Å². The zero-order valence-electron chi connectivity index (χ0n) is 17.5. The van der Waals surface area contributed by atoms with Crippen LogP contribution < -0.4 is 19.8 Å². The van der Waals surface area contributed by atoms with Crippen LogP contribution in [0.5, 0.6) is 0 Å². The van der Waals surface area contributed by atoms with Gasteiger partial charge < -0.3 is 29.5 Å². The number of unbranched alkanes of at least 4 members (excludes halogenated alkanes) is 13. The van der Waals surface area contributed by atoms with Gasteiger partial charge in [0.25, 0.3) is 0 Å². The number of phosphoric acid groups is 1. The molecule has 0 amide bonds. The molecule has 0 unspecified atom stereocenters. The molecule has 0 aliphatic rings. The molecule has 0 aromatic carbocycles. The van der Waals surface area contributed by atoms with E-state index in [2.05, 4.69) is 6.92 Å². The van der Waals surface area contributed by atoms with Crippen molar-refractivity contribution in [1.29, 1.82) is 0 Å². The first-order chi connectivity index (χ1) is 13.1. The molecule has 0 bridgehead atoms. The molecule has 0 aliphatic heterocycles. The highest BCUT2D eigenvalue weighted by Crippen LogP contribution is 2.14. The standard InChI is InChI=1S/C20H38O3.H3O4P/c1-3-4-5-6-7-8-9-10-11-12-13-14-15-16-17-19(21)18(2)20(22)23;1-5(2,3)4/h21H,3-17H2,1-2H3,(H,22,23);(H3,1,2,3,4)/p-4/b19-18-;. The van der Waals surface area contributed by atoms with E-state index in [9.17, 15) is 9.90 Å². The Labute approximate surface area is 170 Å². The highest BCUT2D eigenvalue weighted by molar-refractivity contribution is 7.40.